The van der Waals surface area contributed by atoms with E-state index in [-0.39, 0.29) is 36.3 Å². The number of halogens is 1. The topological polar surface area (TPSA) is 81.7 Å². The van der Waals surface area contributed by atoms with Gasteiger partial charge in [0.25, 0.3) is 0 Å². The molecule has 0 radical (unpaired) electrons. The Morgan fingerprint density at radius 3 is 2.69 bits per heavy atom. The van der Waals surface area contributed by atoms with Gasteiger partial charge in [-0.25, -0.2) is 9.18 Å². The van der Waals surface area contributed by atoms with E-state index >= 15 is 0 Å². The van der Waals surface area contributed by atoms with Gasteiger partial charge in [-0.1, -0.05) is 20.3 Å². The zero-order valence-corrected chi connectivity index (χ0v) is 15.6. The maximum Gasteiger partial charge on any atom is 0.318 e. The Bertz CT molecular complexity index is 649. The Kier molecular flexibility index (Phi) is 6.97. The van der Waals surface area contributed by atoms with Gasteiger partial charge in [-0.2, -0.15) is 0 Å². The standard InChI is InChI=1S/C18H24FN3O2.CH4O/c1-3-11(2)16-17(23)21-15-8-7-13(19)9-12(15)10-22(16)18(24)20-14-5-4-6-14;1-2/h7-9,11,14,16H,3-6,10H2,1-2H3,(H,20,24)(H,21,23);2H,1H3/t11-,16-;/m0./s1. The average Bonchev–Trinajstić information content (AvgIpc) is 2.74. The number of aliphatic hydroxyl groups is 1. The molecular weight excluding hydrogens is 337 g/mol. The van der Waals surface area contributed by atoms with E-state index in [9.17, 15) is 14.0 Å². The highest BCUT2D eigenvalue weighted by Gasteiger charge is 2.37. The number of aliphatic hydroxyl groups excluding tert-OH is 1. The van der Waals surface area contributed by atoms with Crippen molar-refractivity contribution in [1.29, 1.82) is 0 Å². The molecule has 1 heterocycles. The summed E-state index contributed by atoms with van der Waals surface area (Å²) in [5.41, 5.74) is 1.20. The van der Waals surface area contributed by atoms with E-state index < -0.39 is 6.04 Å². The van der Waals surface area contributed by atoms with Crippen LogP contribution >= 0.6 is 0 Å². The monoisotopic (exact) mass is 365 g/mol. The lowest BCUT2D eigenvalue weighted by Crippen LogP contribution is -2.54. The summed E-state index contributed by atoms with van der Waals surface area (Å²) in [5.74, 6) is -0.570. The molecule has 1 fully saturated rings. The second kappa shape index (κ2) is 8.98. The minimum Gasteiger partial charge on any atom is -0.400 e. The van der Waals surface area contributed by atoms with Crippen LogP contribution in [0.2, 0.25) is 0 Å². The quantitative estimate of drug-likeness (QED) is 0.770. The smallest absolute Gasteiger partial charge is 0.318 e. The van der Waals surface area contributed by atoms with Crippen LogP contribution in [0.1, 0.15) is 45.1 Å². The third-order valence-electron chi connectivity index (χ3n) is 5.15. The molecule has 1 aliphatic heterocycles. The van der Waals surface area contributed by atoms with E-state index in [4.69, 9.17) is 5.11 Å². The van der Waals surface area contributed by atoms with Crippen LogP contribution in [0.15, 0.2) is 18.2 Å². The number of benzene rings is 1. The Labute approximate surface area is 153 Å². The van der Waals surface area contributed by atoms with Crippen LogP contribution in [0.4, 0.5) is 14.9 Å². The van der Waals surface area contributed by atoms with Crippen LogP contribution in [0.5, 0.6) is 0 Å². The normalized spacial score (nSPS) is 20.6. The molecule has 7 heteroatoms. The van der Waals surface area contributed by atoms with Gasteiger partial charge in [-0.15, -0.1) is 0 Å². The molecule has 3 amide bonds. The maximum absolute atomic E-state index is 13.6. The van der Waals surface area contributed by atoms with Crippen molar-refractivity contribution >= 4 is 17.6 Å². The van der Waals surface area contributed by atoms with Gasteiger partial charge in [-0.05, 0) is 48.9 Å². The fourth-order valence-corrected chi connectivity index (χ4v) is 3.24. The van der Waals surface area contributed by atoms with E-state index in [1.165, 1.54) is 12.1 Å². The number of hydrogen-bond donors (Lipinski definition) is 3. The van der Waals surface area contributed by atoms with Gasteiger partial charge in [0, 0.05) is 18.8 Å². The van der Waals surface area contributed by atoms with Gasteiger partial charge in [-0.3, -0.25) is 4.79 Å². The minimum absolute atomic E-state index is 0.0105. The lowest BCUT2D eigenvalue weighted by molar-refractivity contribution is -0.122. The largest absolute Gasteiger partial charge is 0.400 e. The summed E-state index contributed by atoms with van der Waals surface area (Å²) in [6.07, 6.45) is 3.85. The van der Waals surface area contributed by atoms with Crippen LogP contribution in [0.25, 0.3) is 0 Å². The summed E-state index contributed by atoms with van der Waals surface area (Å²) in [5, 5.41) is 12.9. The van der Waals surface area contributed by atoms with Crippen molar-refractivity contribution < 1.29 is 19.1 Å². The van der Waals surface area contributed by atoms with Gasteiger partial charge >= 0.3 is 6.03 Å². The number of carbonyl (C=O) groups is 2. The molecule has 0 spiro atoms. The lowest BCUT2D eigenvalue weighted by Gasteiger charge is -2.35. The number of nitrogens with zero attached hydrogens (tertiary/aromatic N) is 1. The molecule has 144 valence electrons. The average molecular weight is 365 g/mol. The fraction of sp³-hybridized carbons (Fsp3) is 0.579. The van der Waals surface area contributed by atoms with Crippen LogP contribution in [-0.4, -0.2) is 41.1 Å². The Balaban J connectivity index is 0.00000117. The van der Waals surface area contributed by atoms with Crippen LogP contribution in [-0.2, 0) is 11.3 Å². The van der Waals surface area contributed by atoms with Gasteiger partial charge in [0.1, 0.15) is 11.9 Å². The minimum atomic E-state index is -0.564. The predicted molar refractivity (Wildman–Crippen MR) is 98.1 cm³/mol. The van der Waals surface area contributed by atoms with Crippen molar-refractivity contribution in [1.82, 2.24) is 10.2 Å². The van der Waals surface area contributed by atoms with Gasteiger partial charge in [0.2, 0.25) is 5.91 Å². The first-order valence-electron chi connectivity index (χ1n) is 9.10. The third-order valence-corrected chi connectivity index (χ3v) is 5.15. The van der Waals surface area contributed by atoms with Crippen molar-refractivity contribution in [3.63, 3.8) is 0 Å². The summed E-state index contributed by atoms with van der Waals surface area (Å²) in [4.78, 5) is 27.0. The summed E-state index contributed by atoms with van der Waals surface area (Å²) in [6, 6.07) is 3.65. The van der Waals surface area contributed by atoms with E-state index in [1.54, 1.807) is 11.0 Å². The molecule has 1 aromatic carbocycles. The molecule has 2 atom stereocenters. The molecule has 2 aliphatic rings. The summed E-state index contributed by atoms with van der Waals surface area (Å²) >= 11 is 0. The molecule has 0 bridgehead atoms. The second-order valence-corrected chi connectivity index (χ2v) is 6.83. The SMILES string of the molecule is CC[C@H](C)[C@H]1C(=O)Nc2ccc(F)cc2CN1C(=O)NC1CCC1.CO. The van der Waals surface area contributed by atoms with Gasteiger partial charge < -0.3 is 20.6 Å². The van der Waals surface area contributed by atoms with Crippen LogP contribution in [0.3, 0.4) is 0 Å². The number of urea groups is 1. The van der Waals surface area contributed by atoms with Crippen molar-refractivity contribution in [2.75, 3.05) is 12.4 Å². The molecule has 26 heavy (non-hydrogen) atoms. The van der Waals surface area contributed by atoms with Crippen LogP contribution < -0.4 is 10.6 Å². The molecular formula is C19H28FN3O3. The number of carbonyl (C=O) groups excluding carboxylic acids is 2. The molecule has 1 aliphatic carbocycles. The van der Waals surface area contributed by atoms with E-state index in [1.807, 2.05) is 13.8 Å². The molecule has 1 saturated carbocycles. The van der Waals surface area contributed by atoms with Gasteiger partial charge in [0.15, 0.2) is 0 Å². The predicted octanol–water partition coefficient (Wildman–Crippen LogP) is 2.87. The number of fused-ring (bicyclic) bond motifs is 1. The van der Waals surface area contributed by atoms with Gasteiger partial charge in [0.05, 0.1) is 6.54 Å². The molecule has 0 saturated heterocycles. The number of hydrogen-bond acceptors (Lipinski definition) is 3. The number of anilines is 1. The maximum atomic E-state index is 13.6. The number of rotatable bonds is 3. The number of nitrogens with one attached hydrogen (secondary N) is 2. The summed E-state index contributed by atoms with van der Waals surface area (Å²) < 4.78 is 13.6. The third kappa shape index (κ3) is 4.33. The molecule has 6 nitrogen and oxygen atoms in total. The molecule has 3 rings (SSSR count). The highest BCUT2D eigenvalue weighted by Crippen LogP contribution is 2.28. The van der Waals surface area contributed by atoms with E-state index in [0.717, 1.165) is 32.8 Å². The number of amides is 3. The van der Waals surface area contributed by atoms with E-state index in [0.29, 0.717) is 11.3 Å². The highest BCUT2D eigenvalue weighted by atomic mass is 19.1. The first-order chi connectivity index (χ1) is 12.5. The molecule has 3 N–H and O–H groups in total. The first kappa shape index (κ1) is 20.2. The Morgan fingerprint density at radius 1 is 1.42 bits per heavy atom. The second-order valence-electron chi connectivity index (χ2n) is 6.83. The summed E-state index contributed by atoms with van der Waals surface area (Å²) in [6.45, 7) is 4.18. The highest BCUT2D eigenvalue weighted by molar-refractivity contribution is 5.98. The van der Waals surface area contributed by atoms with Crippen LogP contribution in [0, 0.1) is 11.7 Å². The Hall–Kier alpha value is -2.15. The molecule has 0 unspecified atom stereocenters. The lowest BCUT2D eigenvalue weighted by atomic mass is 9.93. The Morgan fingerprint density at radius 2 is 2.12 bits per heavy atom. The van der Waals surface area contributed by atoms with Crippen molar-refractivity contribution in [3.8, 4) is 0 Å². The zero-order chi connectivity index (χ0) is 19.3. The molecule has 0 aromatic heterocycles. The van der Waals surface area contributed by atoms with Crippen molar-refractivity contribution in [2.45, 2.75) is 58.2 Å². The first-order valence-corrected chi connectivity index (χ1v) is 9.10. The summed E-state index contributed by atoms with van der Waals surface area (Å²) in [7, 11) is 1.00. The fourth-order valence-electron chi connectivity index (χ4n) is 3.24. The van der Waals surface area contributed by atoms with E-state index in [2.05, 4.69) is 10.6 Å². The zero-order valence-electron chi connectivity index (χ0n) is 15.6. The molecule has 1 aromatic rings. The van der Waals surface area contributed by atoms with Crippen molar-refractivity contribution in [2.24, 2.45) is 5.92 Å². The van der Waals surface area contributed by atoms with Crippen molar-refractivity contribution in [3.05, 3.63) is 29.6 Å².